The van der Waals surface area contributed by atoms with Gasteiger partial charge in [-0.05, 0) is 0 Å². The van der Waals surface area contributed by atoms with Crippen LogP contribution < -0.4 is 0 Å². The summed E-state index contributed by atoms with van der Waals surface area (Å²) >= 11 is 0. The van der Waals surface area contributed by atoms with E-state index in [-0.39, 0.29) is 0 Å². The molecule has 0 radical (unpaired) electrons. The number of rotatable bonds is 0. The highest BCUT2D eigenvalue weighted by atomic mass is 19.4. The van der Waals surface area contributed by atoms with Gasteiger partial charge in [0.1, 0.15) is 0 Å². The molecule has 0 spiro atoms. The first-order valence-electron chi connectivity index (χ1n) is 2.51. The predicted molar refractivity (Wildman–Crippen MR) is 20.5 cm³/mol. The number of alkyl halides is 6. The average Bonchev–Trinajstić information content (AvgIpc) is 1.54. The topological polar surface area (TPSA) is 9.23 Å². The van der Waals surface area contributed by atoms with Crippen molar-refractivity contribution in [3.8, 4) is 0 Å². The Balaban J connectivity index is 2.71. The van der Waals surface area contributed by atoms with Gasteiger partial charge in [-0.25, -0.2) is 4.39 Å². The van der Waals surface area contributed by atoms with Crippen LogP contribution in [0.3, 0.4) is 0 Å². The van der Waals surface area contributed by atoms with Crippen LogP contribution in [0, 0.1) is 5.92 Å². The summed E-state index contributed by atoms with van der Waals surface area (Å²) in [5, 5.41) is 0. The summed E-state index contributed by atoms with van der Waals surface area (Å²) in [6.45, 7) is 0. The molecule has 11 heavy (non-hydrogen) atoms. The Morgan fingerprint density at radius 3 is 1.73 bits per heavy atom. The van der Waals surface area contributed by atoms with Crippen LogP contribution in [0.2, 0.25) is 0 Å². The van der Waals surface area contributed by atoms with Crippen molar-refractivity contribution >= 4 is 0 Å². The van der Waals surface area contributed by atoms with Gasteiger partial charge in [0, 0.05) is 0 Å². The van der Waals surface area contributed by atoms with E-state index in [2.05, 4.69) is 4.74 Å². The zero-order valence-electron chi connectivity index (χ0n) is 4.83. The molecule has 66 valence electrons. The maximum Gasteiger partial charge on any atom is 0.405 e. The van der Waals surface area contributed by atoms with E-state index < -0.39 is 24.6 Å². The first kappa shape index (κ1) is 8.63. The summed E-state index contributed by atoms with van der Waals surface area (Å²) in [5.74, 6) is -3.31. The summed E-state index contributed by atoms with van der Waals surface area (Å²) in [5.41, 5.74) is 0. The highest BCUT2D eigenvalue weighted by Gasteiger charge is 2.71. The maximum atomic E-state index is 11.8. The van der Waals surface area contributed by atoms with Crippen LogP contribution in [0.25, 0.3) is 0 Å². The van der Waals surface area contributed by atoms with Crippen molar-refractivity contribution in [3.05, 3.63) is 0 Å². The van der Waals surface area contributed by atoms with Crippen LogP contribution >= 0.6 is 0 Å². The largest absolute Gasteiger partial charge is 0.405 e. The van der Waals surface area contributed by atoms with Crippen LogP contribution in [0.1, 0.15) is 0 Å². The second kappa shape index (κ2) is 2.02. The molecule has 0 aromatic heterocycles. The van der Waals surface area contributed by atoms with Crippen molar-refractivity contribution < 1.29 is 31.1 Å². The number of ether oxygens (including phenoxy) is 1. The Bertz CT molecular complexity index is 152. The molecule has 0 aromatic carbocycles. The monoisotopic (exact) mass is 180 g/mol. The van der Waals surface area contributed by atoms with Gasteiger partial charge in [0.15, 0.2) is 0 Å². The molecule has 0 bridgehead atoms. The van der Waals surface area contributed by atoms with Crippen molar-refractivity contribution in [1.82, 2.24) is 0 Å². The van der Waals surface area contributed by atoms with Gasteiger partial charge in [0.25, 0.3) is 0 Å². The van der Waals surface area contributed by atoms with Crippen molar-refractivity contribution in [2.75, 3.05) is 0 Å². The zero-order chi connectivity index (χ0) is 8.86. The van der Waals surface area contributed by atoms with Gasteiger partial charge in [0.05, 0.1) is 0 Å². The third-order valence-corrected chi connectivity index (χ3v) is 1.25. The third kappa shape index (κ3) is 1.29. The van der Waals surface area contributed by atoms with Crippen molar-refractivity contribution in [2.24, 2.45) is 5.92 Å². The molecule has 0 aliphatic carbocycles. The molecule has 2 atom stereocenters. The first-order chi connectivity index (χ1) is 4.75. The lowest BCUT2D eigenvalue weighted by Crippen LogP contribution is -2.58. The molecule has 1 nitrogen and oxygen atoms in total. The van der Waals surface area contributed by atoms with Crippen LogP contribution in [0.5, 0.6) is 0 Å². The van der Waals surface area contributed by atoms with Crippen LogP contribution in [0.4, 0.5) is 26.3 Å². The minimum Gasteiger partial charge on any atom is -0.284 e. The fourth-order valence-corrected chi connectivity index (χ4v) is 0.711. The maximum absolute atomic E-state index is 11.8. The van der Waals surface area contributed by atoms with E-state index in [1.807, 2.05) is 0 Å². The number of hydrogen-bond acceptors (Lipinski definition) is 1. The Morgan fingerprint density at radius 2 is 1.64 bits per heavy atom. The summed E-state index contributed by atoms with van der Waals surface area (Å²) in [6.07, 6.45) is -12.6. The Morgan fingerprint density at radius 1 is 1.18 bits per heavy atom. The quantitative estimate of drug-likeness (QED) is 0.518. The highest BCUT2D eigenvalue weighted by Crippen LogP contribution is 2.50. The first-order valence-corrected chi connectivity index (χ1v) is 2.51. The van der Waals surface area contributed by atoms with Crippen molar-refractivity contribution in [3.63, 3.8) is 0 Å². The molecule has 1 aliphatic rings. The van der Waals surface area contributed by atoms with Crippen LogP contribution in [-0.2, 0) is 4.74 Å². The molecule has 0 amide bonds. The lowest BCUT2D eigenvalue weighted by Gasteiger charge is -2.39. The molecule has 7 heteroatoms. The minimum atomic E-state index is -5.25. The molecule has 1 fully saturated rings. The Kier molecular flexibility index (Phi) is 1.59. The van der Waals surface area contributed by atoms with Gasteiger partial charge in [0.2, 0.25) is 12.3 Å². The highest BCUT2D eigenvalue weighted by molar-refractivity contribution is 4.87. The summed E-state index contributed by atoms with van der Waals surface area (Å²) in [4.78, 5) is 0. The Labute approximate surface area is 56.9 Å². The lowest BCUT2D eigenvalue weighted by atomic mass is 10.0. The predicted octanol–water partition coefficient (Wildman–Crippen LogP) is 2.08. The van der Waals surface area contributed by atoms with Crippen LogP contribution in [0.15, 0.2) is 0 Å². The standard InChI is InChI=1S/C4H2F6O/c5-2-1(3(6,7)8)4(9,10)11-2/h1-2H. The lowest BCUT2D eigenvalue weighted by molar-refractivity contribution is -0.473. The van der Waals surface area contributed by atoms with Crippen molar-refractivity contribution in [2.45, 2.75) is 18.6 Å². The molecule has 0 saturated carbocycles. The zero-order valence-corrected chi connectivity index (χ0v) is 4.83. The van der Waals surface area contributed by atoms with E-state index in [9.17, 15) is 26.3 Å². The van der Waals surface area contributed by atoms with E-state index in [1.54, 1.807) is 0 Å². The minimum absolute atomic E-state index is 2.94. The SMILES string of the molecule is FC1OC(F)(F)C1C(F)(F)F. The molecule has 0 aromatic rings. The van der Waals surface area contributed by atoms with E-state index in [0.29, 0.717) is 0 Å². The number of hydrogen-bond donors (Lipinski definition) is 0. The molecule has 1 heterocycles. The average molecular weight is 180 g/mol. The van der Waals surface area contributed by atoms with E-state index in [4.69, 9.17) is 0 Å². The molecular weight excluding hydrogens is 178 g/mol. The molecule has 0 N–H and O–H groups in total. The molecule has 2 unspecified atom stereocenters. The molecular formula is C4H2F6O. The van der Waals surface area contributed by atoms with Gasteiger partial charge < -0.3 is 0 Å². The summed E-state index contributed by atoms with van der Waals surface area (Å²) in [6, 6.07) is 0. The molecule has 1 rings (SSSR count). The van der Waals surface area contributed by atoms with E-state index in [1.165, 1.54) is 0 Å². The Hall–Kier alpha value is -0.460. The van der Waals surface area contributed by atoms with Gasteiger partial charge in [-0.2, -0.15) is 22.0 Å². The second-order valence-corrected chi connectivity index (χ2v) is 2.05. The smallest absolute Gasteiger partial charge is 0.284 e. The fourth-order valence-electron chi connectivity index (χ4n) is 0.711. The third-order valence-electron chi connectivity index (χ3n) is 1.25. The summed E-state index contributed by atoms with van der Waals surface area (Å²) < 4.78 is 72.6. The summed E-state index contributed by atoms with van der Waals surface area (Å²) in [7, 11) is 0. The molecule has 1 aliphatic heterocycles. The molecule has 1 saturated heterocycles. The number of halogens is 6. The fraction of sp³-hybridized carbons (Fsp3) is 1.00. The van der Waals surface area contributed by atoms with Gasteiger partial charge in [-0.3, -0.25) is 4.74 Å². The second-order valence-electron chi connectivity index (χ2n) is 2.05. The normalized spacial score (nSPS) is 36.5. The van der Waals surface area contributed by atoms with E-state index >= 15 is 0 Å². The van der Waals surface area contributed by atoms with Gasteiger partial charge in [-0.15, -0.1) is 0 Å². The van der Waals surface area contributed by atoms with Crippen LogP contribution in [-0.4, -0.2) is 18.6 Å². The van der Waals surface area contributed by atoms with Crippen molar-refractivity contribution in [1.29, 1.82) is 0 Å². The van der Waals surface area contributed by atoms with E-state index in [0.717, 1.165) is 0 Å². The van der Waals surface area contributed by atoms with Gasteiger partial charge >= 0.3 is 12.3 Å². The van der Waals surface area contributed by atoms with Gasteiger partial charge in [-0.1, -0.05) is 0 Å².